The van der Waals surface area contributed by atoms with Gasteiger partial charge in [0, 0.05) is 0 Å². The van der Waals surface area contributed by atoms with Crippen LogP contribution in [0.4, 0.5) is 0 Å². The van der Waals surface area contributed by atoms with Gasteiger partial charge >= 0.3 is 0 Å². The summed E-state index contributed by atoms with van der Waals surface area (Å²) < 4.78 is 3.86. The molecule has 0 aromatic heterocycles. The minimum atomic E-state index is 1.40. The van der Waals surface area contributed by atoms with E-state index in [-0.39, 0.29) is 0 Å². The van der Waals surface area contributed by atoms with E-state index in [4.69, 9.17) is 0 Å². The van der Waals surface area contributed by atoms with Gasteiger partial charge in [-0.05, 0) is 22.3 Å². The van der Waals surface area contributed by atoms with Crippen molar-refractivity contribution in [3.05, 3.63) is 48.5 Å². The Morgan fingerprint density at radius 3 is 1.00 bits per heavy atom. The summed E-state index contributed by atoms with van der Waals surface area (Å²) in [4.78, 5) is 0. The van der Waals surface area contributed by atoms with Crippen molar-refractivity contribution >= 4 is 21.0 Å². The lowest BCUT2D eigenvalue weighted by Gasteiger charge is -2.22. The van der Waals surface area contributed by atoms with Crippen LogP contribution in [0.5, 0.6) is 0 Å². The van der Waals surface area contributed by atoms with Crippen LogP contribution in [0.2, 0.25) is 0 Å². The summed E-state index contributed by atoms with van der Waals surface area (Å²) in [6.45, 7) is 0. The Morgan fingerprint density at radius 1 is 0.600 bits per heavy atom. The van der Waals surface area contributed by atoms with E-state index in [9.17, 15) is 0 Å². The van der Waals surface area contributed by atoms with Gasteiger partial charge < -0.3 is 4.12 Å². The predicted molar refractivity (Wildman–Crippen MR) is 63.5 cm³/mol. The number of rotatable bonds is 0. The van der Waals surface area contributed by atoms with Gasteiger partial charge in [0.25, 0.3) is 0 Å². The fourth-order valence-corrected chi connectivity index (χ4v) is 1.84. The summed E-state index contributed by atoms with van der Waals surface area (Å²) in [5.74, 6) is 0. The molecule has 0 saturated heterocycles. The molecule has 3 heteroatoms. The quantitative estimate of drug-likeness (QED) is 0.533. The van der Waals surface area contributed by atoms with Gasteiger partial charge in [-0.25, -0.2) is 0 Å². The Hall–Kier alpha value is -1.17. The summed E-state index contributed by atoms with van der Waals surface area (Å²) in [6, 6.07) is 17.1. The standard InChI is InChI=1S/C12H8.OSi2/c1-2-6-10-9(5-1)11-7-3-4-8-12(10)11;2-1-3/h1-8H;. The van der Waals surface area contributed by atoms with Crippen LogP contribution in [0.3, 0.4) is 0 Å². The molecule has 0 bridgehead atoms. The fourth-order valence-electron chi connectivity index (χ4n) is 1.84. The average molecular weight is 224 g/mol. The first-order valence-corrected chi connectivity index (χ1v) is 5.38. The van der Waals surface area contributed by atoms with Gasteiger partial charge in [0.15, 0.2) is 0 Å². The van der Waals surface area contributed by atoms with Gasteiger partial charge in [0.1, 0.15) is 0 Å². The van der Waals surface area contributed by atoms with Crippen LogP contribution in [0.25, 0.3) is 22.3 Å². The maximum absolute atomic E-state index is 3.86. The lowest BCUT2D eigenvalue weighted by molar-refractivity contribution is 0.690. The average Bonchev–Trinajstić information content (AvgIpc) is 2.27. The molecule has 2 aromatic rings. The van der Waals surface area contributed by atoms with E-state index >= 15 is 0 Å². The molecule has 0 heterocycles. The Kier molecular flexibility index (Phi) is 3.15. The highest BCUT2D eigenvalue weighted by Gasteiger charge is 2.19. The van der Waals surface area contributed by atoms with Gasteiger partial charge in [-0.1, -0.05) is 48.5 Å². The second kappa shape index (κ2) is 4.57. The third kappa shape index (κ3) is 1.81. The van der Waals surface area contributed by atoms with Crippen molar-refractivity contribution in [1.29, 1.82) is 0 Å². The Bertz CT molecular complexity index is 369. The second-order valence-corrected chi connectivity index (χ2v) is 4.01. The van der Waals surface area contributed by atoms with Crippen molar-refractivity contribution < 1.29 is 4.12 Å². The van der Waals surface area contributed by atoms with Crippen LogP contribution in [-0.2, 0) is 4.12 Å². The first-order chi connectivity index (χ1) is 7.38. The summed E-state index contributed by atoms with van der Waals surface area (Å²) in [6.07, 6.45) is 0. The molecule has 1 nitrogen and oxygen atoms in total. The third-order valence-corrected chi connectivity index (χ3v) is 2.43. The molecule has 3 rings (SSSR count). The maximum atomic E-state index is 3.86. The lowest BCUT2D eigenvalue weighted by Crippen LogP contribution is -1.96. The Morgan fingerprint density at radius 2 is 0.800 bits per heavy atom. The van der Waals surface area contributed by atoms with Gasteiger partial charge in [-0.2, -0.15) is 0 Å². The molecule has 2 aromatic carbocycles. The Balaban J connectivity index is 0.000000258. The van der Waals surface area contributed by atoms with Crippen molar-refractivity contribution in [2.24, 2.45) is 0 Å². The summed E-state index contributed by atoms with van der Waals surface area (Å²) in [7, 11) is 5.19. The summed E-state index contributed by atoms with van der Waals surface area (Å²) in [5.41, 5.74) is 5.59. The SMILES string of the molecule is [Si]O[Si].c1ccc2c(c1)-c1ccccc1-2. The highest BCUT2D eigenvalue weighted by Crippen LogP contribution is 2.46. The highest BCUT2D eigenvalue weighted by molar-refractivity contribution is 6.15. The third-order valence-electron chi connectivity index (χ3n) is 2.43. The van der Waals surface area contributed by atoms with Crippen LogP contribution in [0, 0.1) is 0 Å². The van der Waals surface area contributed by atoms with Gasteiger partial charge in [-0.15, -0.1) is 0 Å². The second-order valence-electron chi connectivity index (χ2n) is 3.19. The smallest absolute Gasteiger partial charge is 0.229 e. The zero-order chi connectivity index (χ0) is 10.7. The van der Waals surface area contributed by atoms with Gasteiger partial charge in [0.2, 0.25) is 21.0 Å². The zero-order valence-electron chi connectivity index (χ0n) is 8.03. The zero-order valence-corrected chi connectivity index (χ0v) is 10.0. The van der Waals surface area contributed by atoms with Crippen molar-refractivity contribution in [3.63, 3.8) is 0 Å². The molecule has 6 radical (unpaired) electrons. The molecule has 0 N–H and O–H groups in total. The summed E-state index contributed by atoms with van der Waals surface area (Å²) >= 11 is 0. The fraction of sp³-hybridized carbons (Fsp3) is 0. The topological polar surface area (TPSA) is 9.23 Å². The van der Waals surface area contributed by atoms with Crippen molar-refractivity contribution in [2.75, 3.05) is 0 Å². The molecule has 70 valence electrons. The van der Waals surface area contributed by atoms with Crippen LogP contribution >= 0.6 is 0 Å². The number of hydrogen-bond donors (Lipinski definition) is 0. The molecule has 0 amide bonds. The normalized spacial score (nSPS) is 10.3. The van der Waals surface area contributed by atoms with Crippen LogP contribution < -0.4 is 0 Å². The molecule has 0 spiro atoms. The van der Waals surface area contributed by atoms with E-state index in [1.54, 1.807) is 0 Å². The molecule has 0 saturated carbocycles. The highest BCUT2D eigenvalue weighted by atomic mass is 28.3. The molecule has 0 atom stereocenters. The molecule has 0 fully saturated rings. The molecular weight excluding hydrogens is 216 g/mol. The maximum Gasteiger partial charge on any atom is 0.229 e. The van der Waals surface area contributed by atoms with E-state index in [0.717, 1.165) is 0 Å². The first kappa shape index (κ1) is 10.4. The first-order valence-electron chi connectivity index (χ1n) is 4.56. The minimum absolute atomic E-state index is 1.40. The van der Waals surface area contributed by atoms with E-state index in [1.165, 1.54) is 22.3 Å². The van der Waals surface area contributed by atoms with Crippen LogP contribution in [0.15, 0.2) is 48.5 Å². The monoisotopic (exact) mass is 224 g/mol. The molecular formula is C12H8OSi2. The molecule has 15 heavy (non-hydrogen) atoms. The van der Waals surface area contributed by atoms with Crippen molar-refractivity contribution in [2.45, 2.75) is 0 Å². The minimum Gasteiger partial charge on any atom is -0.458 e. The Labute approximate surface area is 96.2 Å². The summed E-state index contributed by atoms with van der Waals surface area (Å²) in [5, 5.41) is 0. The molecule has 0 unspecified atom stereocenters. The molecule has 1 aliphatic carbocycles. The molecule has 1 aliphatic rings. The largest absolute Gasteiger partial charge is 0.458 e. The van der Waals surface area contributed by atoms with Crippen molar-refractivity contribution in [3.8, 4) is 22.3 Å². The van der Waals surface area contributed by atoms with E-state index in [0.29, 0.717) is 0 Å². The number of benzene rings is 2. The van der Waals surface area contributed by atoms with Gasteiger partial charge in [0.05, 0.1) is 0 Å². The molecule has 0 aliphatic heterocycles. The van der Waals surface area contributed by atoms with Crippen LogP contribution in [0.1, 0.15) is 0 Å². The van der Waals surface area contributed by atoms with E-state index in [2.05, 4.69) is 73.6 Å². The lowest BCUT2D eigenvalue weighted by atomic mass is 9.81. The van der Waals surface area contributed by atoms with Gasteiger partial charge in [-0.3, -0.25) is 0 Å². The number of hydrogen-bond acceptors (Lipinski definition) is 1. The number of fused-ring (bicyclic) bond motifs is 4. The van der Waals surface area contributed by atoms with Crippen LogP contribution in [-0.4, -0.2) is 21.0 Å². The van der Waals surface area contributed by atoms with E-state index in [1.807, 2.05) is 0 Å². The predicted octanol–water partition coefficient (Wildman–Crippen LogP) is 2.50. The van der Waals surface area contributed by atoms with Crippen molar-refractivity contribution in [1.82, 2.24) is 0 Å². The van der Waals surface area contributed by atoms with E-state index < -0.39 is 0 Å².